The van der Waals surface area contributed by atoms with Crippen LogP contribution in [0.15, 0.2) is 129 Å². The quantitative estimate of drug-likeness (QED) is 0.381. The molecule has 4 rings (SSSR count). The van der Waals surface area contributed by atoms with Gasteiger partial charge in [0.1, 0.15) is 11.5 Å². The molecule has 28 heavy (non-hydrogen) atoms. The van der Waals surface area contributed by atoms with E-state index in [0.717, 1.165) is 9.79 Å². The van der Waals surface area contributed by atoms with Gasteiger partial charge in [-0.2, -0.15) is 0 Å². The molecule has 0 aliphatic rings. The largest absolute Gasteiger partial charge is 0.508 e. The third-order valence-electron chi connectivity index (χ3n) is 3.63. The van der Waals surface area contributed by atoms with Crippen LogP contribution < -0.4 is 0 Å². The molecule has 0 aliphatic carbocycles. The average molecular weight is 405 g/mol. The van der Waals surface area contributed by atoms with Crippen LogP contribution >= 0.6 is 23.5 Å². The van der Waals surface area contributed by atoms with Crippen LogP contribution in [0.25, 0.3) is 0 Å². The van der Waals surface area contributed by atoms with E-state index < -0.39 is 0 Å². The Morgan fingerprint density at radius 1 is 0.357 bits per heavy atom. The van der Waals surface area contributed by atoms with Crippen molar-refractivity contribution in [2.24, 2.45) is 0 Å². The van der Waals surface area contributed by atoms with E-state index in [1.807, 2.05) is 36.4 Å². The second-order valence-electron chi connectivity index (χ2n) is 5.82. The molecule has 0 aromatic heterocycles. The molecule has 2 nitrogen and oxygen atoms in total. The van der Waals surface area contributed by atoms with Gasteiger partial charge in [-0.05, 0) is 72.8 Å². The van der Waals surface area contributed by atoms with Gasteiger partial charge in [0.25, 0.3) is 0 Å². The van der Waals surface area contributed by atoms with Crippen molar-refractivity contribution >= 4 is 23.5 Å². The van der Waals surface area contributed by atoms with Crippen LogP contribution in [0, 0.1) is 0 Å². The summed E-state index contributed by atoms with van der Waals surface area (Å²) in [6, 6.07) is 34.8. The molecule has 140 valence electrons. The molecule has 0 saturated heterocycles. The highest BCUT2D eigenvalue weighted by molar-refractivity contribution is 7.99. The monoisotopic (exact) mass is 404 g/mol. The molecule has 0 bridgehead atoms. The average Bonchev–Trinajstić information content (AvgIpc) is 2.73. The molecule has 0 radical (unpaired) electrons. The Balaban J connectivity index is 0.000000162. The second kappa shape index (κ2) is 10.5. The SMILES string of the molecule is Oc1ccc(Sc2ccc(O)cc2)cc1.c1ccc(Sc2ccccc2)cc1. The van der Waals surface area contributed by atoms with Crippen LogP contribution in [0.5, 0.6) is 11.5 Å². The summed E-state index contributed by atoms with van der Waals surface area (Å²) in [4.78, 5) is 4.68. The summed E-state index contributed by atoms with van der Waals surface area (Å²) in [6.07, 6.45) is 0. The fraction of sp³-hybridized carbons (Fsp3) is 0. The zero-order valence-electron chi connectivity index (χ0n) is 15.1. The number of hydrogen-bond donors (Lipinski definition) is 2. The summed E-state index contributed by atoms with van der Waals surface area (Å²) in [5, 5.41) is 18.2. The van der Waals surface area contributed by atoms with Crippen molar-refractivity contribution in [1.82, 2.24) is 0 Å². The van der Waals surface area contributed by atoms with E-state index in [4.69, 9.17) is 10.2 Å². The molecule has 0 unspecified atom stereocenters. The summed E-state index contributed by atoms with van der Waals surface area (Å²) >= 11 is 3.37. The summed E-state index contributed by atoms with van der Waals surface area (Å²) in [5.74, 6) is 0.537. The Morgan fingerprint density at radius 3 is 0.964 bits per heavy atom. The van der Waals surface area contributed by atoms with E-state index in [0.29, 0.717) is 0 Å². The van der Waals surface area contributed by atoms with E-state index in [1.165, 1.54) is 9.79 Å². The number of rotatable bonds is 4. The molecule has 4 heteroatoms. The topological polar surface area (TPSA) is 40.5 Å². The molecule has 4 aromatic carbocycles. The van der Waals surface area contributed by atoms with Crippen molar-refractivity contribution in [1.29, 1.82) is 0 Å². The minimum Gasteiger partial charge on any atom is -0.508 e. The van der Waals surface area contributed by atoms with E-state index in [2.05, 4.69) is 48.5 Å². The zero-order chi connectivity index (χ0) is 19.6. The van der Waals surface area contributed by atoms with Crippen LogP contribution in [-0.4, -0.2) is 10.2 Å². The number of phenolic OH excluding ortho intramolecular Hbond substituents is 2. The number of phenols is 2. The predicted octanol–water partition coefficient (Wildman–Crippen LogP) is 7.09. The van der Waals surface area contributed by atoms with Crippen LogP contribution in [0.1, 0.15) is 0 Å². The van der Waals surface area contributed by atoms with E-state index in [1.54, 1.807) is 47.8 Å². The molecular formula is C24H20O2S2. The molecular weight excluding hydrogens is 384 g/mol. The summed E-state index contributed by atoms with van der Waals surface area (Å²) in [5.41, 5.74) is 0. The first-order chi connectivity index (χ1) is 13.7. The van der Waals surface area contributed by atoms with Gasteiger partial charge >= 0.3 is 0 Å². The van der Waals surface area contributed by atoms with Crippen LogP contribution in [-0.2, 0) is 0 Å². The Morgan fingerprint density at radius 2 is 0.643 bits per heavy atom. The Kier molecular flexibility index (Phi) is 7.47. The lowest BCUT2D eigenvalue weighted by Crippen LogP contribution is -1.73. The fourth-order valence-corrected chi connectivity index (χ4v) is 3.95. The smallest absolute Gasteiger partial charge is 0.115 e. The summed E-state index contributed by atoms with van der Waals surface area (Å²) < 4.78 is 0. The molecule has 0 saturated carbocycles. The summed E-state index contributed by atoms with van der Waals surface area (Å²) in [6.45, 7) is 0. The van der Waals surface area contributed by atoms with Crippen molar-refractivity contribution in [3.05, 3.63) is 109 Å². The van der Waals surface area contributed by atoms with Gasteiger partial charge in [-0.3, -0.25) is 0 Å². The van der Waals surface area contributed by atoms with Crippen molar-refractivity contribution in [2.45, 2.75) is 19.6 Å². The predicted molar refractivity (Wildman–Crippen MR) is 117 cm³/mol. The highest BCUT2D eigenvalue weighted by Gasteiger charge is 1.97. The maximum atomic E-state index is 9.12. The van der Waals surface area contributed by atoms with Gasteiger partial charge in [-0.1, -0.05) is 59.9 Å². The first kappa shape index (κ1) is 19.9. The van der Waals surface area contributed by atoms with Gasteiger partial charge in [0.15, 0.2) is 0 Å². The van der Waals surface area contributed by atoms with Crippen molar-refractivity contribution in [2.75, 3.05) is 0 Å². The number of benzene rings is 4. The minimum atomic E-state index is 0.269. The maximum absolute atomic E-state index is 9.12. The first-order valence-corrected chi connectivity index (χ1v) is 10.4. The molecule has 4 aromatic rings. The van der Waals surface area contributed by atoms with E-state index >= 15 is 0 Å². The molecule has 0 aliphatic heterocycles. The maximum Gasteiger partial charge on any atom is 0.115 e. The molecule has 0 amide bonds. The van der Waals surface area contributed by atoms with Gasteiger partial charge in [-0.25, -0.2) is 0 Å². The van der Waals surface area contributed by atoms with Crippen molar-refractivity contribution in [3.63, 3.8) is 0 Å². The summed E-state index contributed by atoms with van der Waals surface area (Å²) in [7, 11) is 0. The lowest BCUT2D eigenvalue weighted by atomic mass is 10.3. The first-order valence-electron chi connectivity index (χ1n) is 8.73. The van der Waals surface area contributed by atoms with Gasteiger partial charge < -0.3 is 10.2 Å². The Bertz CT molecular complexity index is 874. The van der Waals surface area contributed by atoms with Crippen LogP contribution in [0.2, 0.25) is 0 Å². The van der Waals surface area contributed by atoms with E-state index in [-0.39, 0.29) is 11.5 Å². The van der Waals surface area contributed by atoms with Gasteiger partial charge in [0.2, 0.25) is 0 Å². The third-order valence-corrected chi connectivity index (χ3v) is 5.66. The number of aromatic hydroxyl groups is 2. The normalized spacial score (nSPS) is 10.0. The van der Waals surface area contributed by atoms with Crippen molar-refractivity contribution in [3.8, 4) is 11.5 Å². The van der Waals surface area contributed by atoms with Crippen LogP contribution in [0.4, 0.5) is 0 Å². The van der Waals surface area contributed by atoms with Crippen LogP contribution in [0.3, 0.4) is 0 Å². The second-order valence-corrected chi connectivity index (χ2v) is 8.11. The van der Waals surface area contributed by atoms with E-state index in [9.17, 15) is 0 Å². The lowest BCUT2D eigenvalue weighted by Gasteiger charge is -2.01. The lowest BCUT2D eigenvalue weighted by molar-refractivity contribution is 0.474. The molecule has 0 fully saturated rings. The highest BCUT2D eigenvalue weighted by atomic mass is 32.2. The minimum absolute atomic E-state index is 0.269. The fourth-order valence-electron chi connectivity index (χ4n) is 2.28. The molecule has 2 N–H and O–H groups in total. The van der Waals surface area contributed by atoms with Crippen molar-refractivity contribution < 1.29 is 10.2 Å². The van der Waals surface area contributed by atoms with Gasteiger partial charge in [0, 0.05) is 19.6 Å². The van der Waals surface area contributed by atoms with Gasteiger partial charge in [-0.15, -0.1) is 0 Å². The zero-order valence-corrected chi connectivity index (χ0v) is 16.7. The molecule has 0 heterocycles. The number of hydrogen-bond acceptors (Lipinski definition) is 4. The highest BCUT2D eigenvalue weighted by Crippen LogP contribution is 2.29. The Hall–Kier alpha value is -2.82. The molecule has 0 atom stereocenters. The third kappa shape index (κ3) is 6.72. The molecule has 0 spiro atoms. The standard InChI is InChI=1S/C12H10O2S.C12H10S/c13-9-1-5-11(6-2-9)15-12-7-3-10(14)4-8-12;1-3-7-11(8-4-1)13-12-9-5-2-6-10-12/h1-8,13-14H;1-10H. The Labute approximate surface area is 173 Å². The van der Waals surface area contributed by atoms with Gasteiger partial charge in [0.05, 0.1) is 0 Å².